The molecule has 0 spiro atoms. The minimum absolute atomic E-state index is 0.0243. The van der Waals surface area contributed by atoms with E-state index >= 15 is 0 Å². The fourth-order valence-electron chi connectivity index (χ4n) is 4.29. The van der Waals surface area contributed by atoms with Crippen molar-refractivity contribution in [2.24, 2.45) is 5.92 Å². The van der Waals surface area contributed by atoms with Gasteiger partial charge in [0, 0.05) is 44.3 Å². The first-order valence-corrected chi connectivity index (χ1v) is 11.9. The number of amides is 2. The topological polar surface area (TPSA) is 78.0 Å². The third kappa shape index (κ3) is 4.05. The summed E-state index contributed by atoms with van der Waals surface area (Å²) in [7, 11) is -3.53. The summed E-state index contributed by atoms with van der Waals surface area (Å²) >= 11 is 0. The summed E-state index contributed by atoms with van der Waals surface area (Å²) < 4.78 is 27.1. The molecule has 2 heterocycles. The third-order valence-electron chi connectivity index (χ3n) is 5.91. The lowest BCUT2D eigenvalue weighted by molar-refractivity contribution is -0.129. The fraction of sp³-hybridized carbons (Fsp3) is 0.619. The average molecular weight is 422 g/mol. The molecule has 1 aromatic carbocycles. The standard InChI is InChI=1S/C21H31N3O4S/c1-5-22(6-2)29(27,28)18-9-10-19-16(12-18)8-7-11-23(19)21(26)17-13-20(25)24(14-17)15(3)4/h9-10,12,15,17H,5-8,11,13-14H2,1-4H3. The molecule has 3 rings (SSSR count). The Hall–Kier alpha value is -1.93. The summed E-state index contributed by atoms with van der Waals surface area (Å²) in [6, 6.07) is 5.14. The number of hydrogen-bond acceptors (Lipinski definition) is 4. The van der Waals surface area contributed by atoms with Gasteiger partial charge >= 0.3 is 0 Å². The lowest BCUT2D eigenvalue weighted by Gasteiger charge is -2.32. The van der Waals surface area contributed by atoms with Crippen molar-refractivity contribution in [3.8, 4) is 0 Å². The van der Waals surface area contributed by atoms with Crippen LogP contribution in [0, 0.1) is 5.92 Å². The van der Waals surface area contributed by atoms with Crippen LogP contribution in [-0.4, -0.2) is 61.7 Å². The Balaban J connectivity index is 1.86. The summed E-state index contributed by atoms with van der Waals surface area (Å²) in [6.45, 7) is 9.45. The number of anilines is 1. The number of benzene rings is 1. The summed E-state index contributed by atoms with van der Waals surface area (Å²) in [6.07, 6.45) is 1.77. The van der Waals surface area contributed by atoms with E-state index in [-0.39, 0.29) is 35.1 Å². The first kappa shape index (κ1) is 21.8. The molecule has 0 bridgehead atoms. The number of carbonyl (C=O) groups is 2. The van der Waals surface area contributed by atoms with Crippen molar-refractivity contribution < 1.29 is 18.0 Å². The number of aryl methyl sites for hydroxylation is 1. The molecule has 1 unspecified atom stereocenters. The van der Waals surface area contributed by atoms with Crippen LogP contribution in [0.2, 0.25) is 0 Å². The van der Waals surface area contributed by atoms with Crippen LogP contribution in [0.4, 0.5) is 5.69 Å². The summed E-state index contributed by atoms with van der Waals surface area (Å²) in [4.78, 5) is 29.2. The second-order valence-electron chi connectivity index (χ2n) is 8.01. The maximum absolute atomic E-state index is 13.2. The second-order valence-corrected chi connectivity index (χ2v) is 9.95. The van der Waals surface area contributed by atoms with Gasteiger partial charge in [-0.1, -0.05) is 13.8 Å². The zero-order valence-electron chi connectivity index (χ0n) is 17.7. The SMILES string of the molecule is CCN(CC)S(=O)(=O)c1ccc2c(c1)CCCN2C(=O)C1CC(=O)N(C(C)C)C1. The van der Waals surface area contributed by atoms with Crippen LogP contribution in [0.3, 0.4) is 0 Å². The Morgan fingerprint density at radius 1 is 1.24 bits per heavy atom. The van der Waals surface area contributed by atoms with Crippen LogP contribution in [0.15, 0.2) is 23.1 Å². The molecule has 0 aliphatic carbocycles. The molecule has 0 saturated carbocycles. The molecule has 160 valence electrons. The van der Waals surface area contributed by atoms with E-state index in [4.69, 9.17) is 0 Å². The second kappa shape index (κ2) is 8.44. The predicted octanol–water partition coefficient (Wildman–Crippen LogP) is 2.25. The van der Waals surface area contributed by atoms with E-state index in [2.05, 4.69) is 0 Å². The van der Waals surface area contributed by atoms with Gasteiger partial charge in [-0.05, 0) is 50.5 Å². The number of likely N-dealkylation sites (tertiary alicyclic amines) is 1. The van der Waals surface area contributed by atoms with Gasteiger partial charge in [-0.3, -0.25) is 9.59 Å². The highest BCUT2D eigenvalue weighted by Gasteiger charge is 2.39. The van der Waals surface area contributed by atoms with Gasteiger partial charge < -0.3 is 9.80 Å². The molecule has 8 heteroatoms. The summed E-state index contributed by atoms with van der Waals surface area (Å²) in [5, 5.41) is 0. The number of fused-ring (bicyclic) bond motifs is 1. The Morgan fingerprint density at radius 2 is 1.93 bits per heavy atom. The van der Waals surface area contributed by atoms with Crippen LogP contribution >= 0.6 is 0 Å². The maximum Gasteiger partial charge on any atom is 0.243 e. The van der Waals surface area contributed by atoms with E-state index in [0.29, 0.717) is 26.2 Å². The molecule has 7 nitrogen and oxygen atoms in total. The number of hydrogen-bond donors (Lipinski definition) is 0. The largest absolute Gasteiger partial charge is 0.339 e. The quantitative estimate of drug-likeness (QED) is 0.706. The Bertz CT molecular complexity index is 893. The van der Waals surface area contributed by atoms with Crippen LogP contribution < -0.4 is 4.90 Å². The van der Waals surface area contributed by atoms with Crippen molar-refractivity contribution in [3.05, 3.63) is 23.8 Å². The fourth-order valence-corrected chi connectivity index (χ4v) is 5.80. The van der Waals surface area contributed by atoms with E-state index in [1.54, 1.807) is 28.0 Å². The Labute approximate surface area is 173 Å². The predicted molar refractivity (Wildman–Crippen MR) is 112 cm³/mol. The van der Waals surface area contributed by atoms with Gasteiger partial charge in [0.2, 0.25) is 21.8 Å². The highest BCUT2D eigenvalue weighted by Crippen LogP contribution is 2.33. The molecule has 0 aromatic heterocycles. The van der Waals surface area contributed by atoms with Crippen LogP contribution in [-0.2, 0) is 26.0 Å². The average Bonchev–Trinajstić information content (AvgIpc) is 3.09. The van der Waals surface area contributed by atoms with Gasteiger partial charge in [0.15, 0.2) is 0 Å². The Kier molecular flexibility index (Phi) is 6.33. The number of sulfonamides is 1. The maximum atomic E-state index is 13.2. The van der Waals surface area contributed by atoms with E-state index in [1.807, 2.05) is 27.7 Å². The molecular formula is C21H31N3O4S. The van der Waals surface area contributed by atoms with Gasteiger partial charge in [-0.2, -0.15) is 4.31 Å². The van der Waals surface area contributed by atoms with Crippen LogP contribution in [0.5, 0.6) is 0 Å². The molecule has 0 radical (unpaired) electrons. The summed E-state index contributed by atoms with van der Waals surface area (Å²) in [5.74, 6) is -0.354. The van der Waals surface area contributed by atoms with E-state index in [1.165, 1.54) is 4.31 Å². The molecule has 1 fully saturated rings. The highest BCUT2D eigenvalue weighted by molar-refractivity contribution is 7.89. The van der Waals surface area contributed by atoms with Crippen molar-refractivity contribution >= 4 is 27.5 Å². The number of rotatable bonds is 6. The van der Waals surface area contributed by atoms with E-state index in [0.717, 1.165) is 24.1 Å². The molecule has 2 aliphatic rings. The monoisotopic (exact) mass is 421 g/mol. The lowest BCUT2D eigenvalue weighted by atomic mass is 9.99. The smallest absolute Gasteiger partial charge is 0.243 e. The van der Waals surface area contributed by atoms with Crippen LogP contribution in [0.25, 0.3) is 0 Å². The molecule has 2 aliphatic heterocycles. The highest BCUT2D eigenvalue weighted by atomic mass is 32.2. The van der Waals surface area contributed by atoms with Gasteiger partial charge in [0.1, 0.15) is 0 Å². The van der Waals surface area contributed by atoms with E-state index in [9.17, 15) is 18.0 Å². The molecule has 1 aromatic rings. The van der Waals surface area contributed by atoms with Crippen molar-refractivity contribution in [2.45, 2.75) is 57.9 Å². The normalized spacial score (nSPS) is 19.9. The summed E-state index contributed by atoms with van der Waals surface area (Å²) in [5.41, 5.74) is 1.65. The Morgan fingerprint density at radius 3 is 2.52 bits per heavy atom. The van der Waals surface area contributed by atoms with Crippen LogP contribution in [0.1, 0.15) is 46.1 Å². The molecule has 1 atom stereocenters. The number of carbonyl (C=O) groups excluding carboxylic acids is 2. The van der Waals surface area contributed by atoms with Crippen molar-refractivity contribution in [1.82, 2.24) is 9.21 Å². The first-order valence-electron chi connectivity index (χ1n) is 10.4. The minimum Gasteiger partial charge on any atom is -0.339 e. The zero-order valence-corrected chi connectivity index (χ0v) is 18.5. The number of nitrogens with zero attached hydrogens (tertiary/aromatic N) is 3. The molecule has 1 saturated heterocycles. The first-order chi connectivity index (χ1) is 13.7. The zero-order chi connectivity index (χ0) is 21.3. The van der Waals surface area contributed by atoms with Gasteiger partial charge in [0.05, 0.1) is 10.8 Å². The molecular weight excluding hydrogens is 390 g/mol. The van der Waals surface area contributed by atoms with E-state index < -0.39 is 10.0 Å². The van der Waals surface area contributed by atoms with Gasteiger partial charge in [-0.15, -0.1) is 0 Å². The van der Waals surface area contributed by atoms with Crippen molar-refractivity contribution in [2.75, 3.05) is 31.1 Å². The van der Waals surface area contributed by atoms with Gasteiger partial charge in [0.25, 0.3) is 0 Å². The van der Waals surface area contributed by atoms with Gasteiger partial charge in [-0.25, -0.2) is 8.42 Å². The third-order valence-corrected chi connectivity index (χ3v) is 7.96. The molecule has 0 N–H and O–H groups in total. The lowest BCUT2D eigenvalue weighted by Crippen LogP contribution is -2.41. The molecule has 29 heavy (non-hydrogen) atoms. The molecule has 2 amide bonds. The van der Waals surface area contributed by atoms with Crippen molar-refractivity contribution in [1.29, 1.82) is 0 Å². The van der Waals surface area contributed by atoms with Crippen molar-refractivity contribution in [3.63, 3.8) is 0 Å². The minimum atomic E-state index is -3.53.